The number of aromatic nitrogens is 4. The maximum atomic E-state index is 8.56. The number of aromatic amines is 1. The molecule has 5 nitrogen and oxygen atoms in total. The molecular weight excluding hydrogens is 150 g/mol. The molecule has 8 heavy (non-hydrogen) atoms. The summed E-state index contributed by atoms with van der Waals surface area (Å²) >= 11 is 5.18. The van der Waals surface area contributed by atoms with E-state index in [4.69, 9.17) is 16.1 Å². The first kappa shape index (κ1) is 5.88. The van der Waals surface area contributed by atoms with E-state index in [0.29, 0.717) is 0 Å². The number of H-pyrrole nitrogens is 1. The Balaban J connectivity index is 2.77. The molecule has 0 saturated carbocycles. The molecule has 0 spiro atoms. The van der Waals surface area contributed by atoms with E-state index in [-0.39, 0.29) is 5.57 Å². The van der Waals surface area contributed by atoms with Gasteiger partial charge in [-0.2, -0.15) is 5.21 Å². The third-order valence-corrected chi connectivity index (χ3v) is 1.47. The van der Waals surface area contributed by atoms with Crippen LogP contribution in [-0.4, -0.2) is 25.5 Å². The van der Waals surface area contributed by atoms with Crippen LogP contribution >= 0.6 is 18.7 Å². The molecule has 1 aromatic heterocycles. The molecule has 0 amide bonds. The summed E-state index contributed by atoms with van der Waals surface area (Å²) in [5, 5.41) is 12.2. The number of tetrazole rings is 1. The van der Waals surface area contributed by atoms with Gasteiger partial charge in [-0.15, -0.1) is 10.2 Å². The third-order valence-electron chi connectivity index (χ3n) is 0.499. The molecule has 44 valence electrons. The molecule has 1 atom stereocenters. The average molecular weight is 152 g/mol. The summed E-state index contributed by atoms with van der Waals surface area (Å²) in [6, 6.07) is 0. The Bertz CT molecular complexity index is 151. The van der Waals surface area contributed by atoms with Gasteiger partial charge in [-0.25, -0.2) is 0 Å². The molecule has 0 saturated heterocycles. The molecule has 1 unspecified atom stereocenters. The number of hydrogen-bond donors (Lipinski definition) is 2. The summed E-state index contributed by atoms with van der Waals surface area (Å²) in [7, 11) is -1.70. The van der Waals surface area contributed by atoms with Crippen molar-refractivity contribution in [2.24, 2.45) is 0 Å². The second-order valence-corrected chi connectivity index (χ2v) is 2.85. The monoisotopic (exact) mass is 152 g/mol. The first-order chi connectivity index (χ1) is 3.80. The molecule has 0 aliphatic carbocycles. The standard InChI is InChI=1S/CH2ClN4OP/c2-8(7)1-3-5-6-4-1/h7H,(H,3,4,5,6). The van der Waals surface area contributed by atoms with Crippen molar-refractivity contribution in [3.8, 4) is 0 Å². The minimum atomic E-state index is -1.70. The fourth-order valence-electron chi connectivity index (χ4n) is 0.235. The largest absolute Gasteiger partial charge is 0.353 e. The van der Waals surface area contributed by atoms with Gasteiger partial charge in [-0.1, -0.05) is 11.2 Å². The Hall–Kier alpha value is -0.250. The zero-order valence-electron chi connectivity index (χ0n) is 3.61. The second-order valence-electron chi connectivity index (χ2n) is 0.972. The van der Waals surface area contributed by atoms with E-state index in [9.17, 15) is 0 Å². The van der Waals surface area contributed by atoms with Crippen LogP contribution in [0.3, 0.4) is 0 Å². The van der Waals surface area contributed by atoms with Gasteiger partial charge in [0.25, 0.3) is 0 Å². The topological polar surface area (TPSA) is 74.7 Å². The van der Waals surface area contributed by atoms with Gasteiger partial charge in [-0.05, 0) is 5.21 Å². The van der Waals surface area contributed by atoms with Crippen LogP contribution < -0.4 is 5.57 Å². The lowest BCUT2D eigenvalue weighted by molar-refractivity contribution is 0.647. The van der Waals surface area contributed by atoms with Crippen LogP contribution in [0.1, 0.15) is 0 Å². The van der Waals surface area contributed by atoms with Crippen LogP contribution in [0.5, 0.6) is 0 Å². The van der Waals surface area contributed by atoms with Gasteiger partial charge in [0.15, 0.2) is 7.50 Å². The summed E-state index contributed by atoms with van der Waals surface area (Å²) in [6.45, 7) is 0. The Kier molecular flexibility index (Phi) is 1.73. The summed E-state index contributed by atoms with van der Waals surface area (Å²) in [5.74, 6) is 0. The lowest BCUT2D eigenvalue weighted by Gasteiger charge is -1.86. The number of nitrogens with zero attached hydrogens (tertiary/aromatic N) is 3. The van der Waals surface area contributed by atoms with Gasteiger partial charge in [0, 0.05) is 0 Å². The molecule has 0 aliphatic heterocycles. The highest BCUT2D eigenvalue weighted by Gasteiger charge is 2.06. The zero-order chi connectivity index (χ0) is 5.98. The number of rotatable bonds is 1. The quantitative estimate of drug-likeness (QED) is 0.526. The van der Waals surface area contributed by atoms with Crippen LogP contribution in [0.2, 0.25) is 0 Å². The molecule has 7 heteroatoms. The molecule has 1 aromatic rings. The molecule has 1 rings (SSSR count). The van der Waals surface area contributed by atoms with E-state index in [1.54, 1.807) is 0 Å². The van der Waals surface area contributed by atoms with E-state index >= 15 is 0 Å². The fraction of sp³-hybridized carbons (Fsp3) is 0. The van der Waals surface area contributed by atoms with E-state index < -0.39 is 7.50 Å². The van der Waals surface area contributed by atoms with Crippen LogP contribution in [0.15, 0.2) is 0 Å². The third kappa shape index (κ3) is 1.12. The summed E-state index contributed by atoms with van der Waals surface area (Å²) in [6.07, 6.45) is 0. The van der Waals surface area contributed by atoms with Crippen LogP contribution in [0, 0.1) is 0 Å². The highest BCUT2D eigenvalue weighted by atomic mass is 35.7. The van der Waals surface area contributed by atoms with Gasteiger partial charge < -0.3 is 4.89 Å². The highest BCUT2D eigenvalue weighted by molar-refractivity contribution is 7.85. The van der Waals surface area contributed by atoms with Gasteiger partial charge >= 0.3 is 0 Å². The molecular formula is CH2ClN4OP. The van der Waals surface area contributed by atoms with E-state index in [2.05, 4.69) is 20.6 Å². The molecule has 2 N–H and O–H groups in total. The molecule has 0 aromatic carbocycles. The van der Waals surface area contributed by atoms with Crippen molar-refractivity contribution in [3.05, 3.63) is 0 Å². The fourth-order valence-corrected chi connectivity index (χ4v) is 0.695. The Morgan fingerprint density at radius 2 is 2.50 bits per heavy atom. The molecule has 1 heterocycles. The van der Waals surface area contributed by atoms with Crippen LogP contribution in [-0.2, 0) is 0 Å². The van der Waals surface area contributed by atoms with Gasteiger partial charge in [-0.3, -0.25) is 0 Å². The smallest absolute Gasteiger partial charge is 0.238 e. The Morgan fingerprint density at radius 1 is 1.75 bits per heavy atom. The predicted octanol–water partition coefficient (Wildman–Crippen LogP) is -0.632. The minimum absolute atomic E-state index is 0.154. The number of halogens is 1. The molecule has 0 fully saturated rings. The molecule has 0 bridgehead atoms. The minimum Gasteiger partial charge on any atom is -0.353 e. The normalized spacial score (nSPS) is 13.8. The van der Waals surface area contributed by atoms with E-state index in [1.807, 2.05) is 0 Å². The maximum absolute atomic E-state index is 8.56. The van der Waals surface area contributed by atoms with E-state index in [1.165, 1.54) is 0 Å². The second kappa shape index (κ2) is 2.35. The van der Waals surface area contributed by atoms with Crippen molar-refractivity contribution in [3.63, 3.8) is 0 Å². The first-order valence-corrected chi connectivity index (χ1v) is 3.89. The Morgan fingerprint density at radius 3 is 2.75 bits per heavy atom. The summed E-state index contributed by atoms with van der Waals surface area (Å²) < 4.78 is 0. The van der Waals surface area contributed by atoms with Gasteiger partial charge in [0.05, 0.1) is 0 Å². The summed E-state index contributed by atoms with van der Waals surface area (Å²) in [4.78, 5) is 8.56. The SMILES string of the molecule is OP(Cl)c1nn[nH]n1. The van der Waals surface area contributed by atoms with Crippen LogP contribution in [0.4, 0.5) is 0 Å². The van der Waals surface area contributed by atoms with Gasteiger partial charge in [0.2, 0.25) is 5.57 Å². The van der Waals surface area contributed by atoms with Crippen molar-refractivity contribution >= 4 is 24.3 Å². The first-order valence-electron chi connectivity index (χ1n) is 1.69. The van der Waals surface area contributed by atoms with Crippen molar-refractivity contribution in [2.45, 2.75) is 0 Å². The van der Waals surface area contributed by atoms with Crippen molar-refractivity contribution in [2.75, 3.05) is 0 Å². The van der Waals surface area contributed by atoms with Crippen molar-refractivity contribution < 1.29 is 4.89 Å². The predicted molar refractivity (Wildman–Crippen MR) is 28.8 cm³/mol. The van der Waals surface area contributed by atoms with Crippen molar-refractivity contribution in [1.29, 1.82) is 0 Å². The van der Waals surface area contributed by atoms with Crippen LogP contribution in [0.25, 0.3) is 0 Å². The Labute approximate surface area is 50.7 Å². The van der Waals surface area contributed by atoms with Gasteiger partial charge in [0.1, 0.15) is 0 Å². The van der Waals surface area contributed by atoms with E-state index in [0.717, 1.165) is 0 Å². The lowest BCUT2D eigenvalue weighted by atomic mass is 11.4. The number of nitrogens with one attached hydrogen (secondary N) is 1. The molecule has 0 aliphatic rings. The lowest BCUT2D eigenvalue weighted by Crippen LogP contribution is -2.01. The number of hydrogen-bond acceptors (Lipinski definition) is 4. The maximum Gasteiger partial charge on any atom is 0.238 e. The molecule has 0 radical (unpaired) electrons. The average Bonchev–Trinajstić information content (AvgIpc) is 2.12. The van der Waals surface area contributed by atoms with Crippen molar-refractivity contribution in [1.82, 2.24) is 20.6 Å². The zero-order valence-corrected chi connectivity index (χ0v) is 5.26. The summed E-state index contributed by atoms with van der Waals surface area (Å²) in [5.41, 5.74) is 0.154. The highest BCUT2D eigenvalue weighted by Crippen LogP contribution is 2.31.